The number of sulfonamides is 1. The lowest BCUT2D eigenvalue weighted by Gasteiger charge is -2.31. The fourth-order valence-electron chi connectivity index (χ4n) is 3.82. The Balaban J connectivity index is 1.65. The van der Waals surface area contributed by atoms with Crippen molar-refractivity contribution in [1.29, 1.82) is 0 Å². The van der Waals surface area contributed by atoms with Crippen molar-refractivity contribution >= 4 is 10.0 Å². The van der Waals surface area contributed by atoms with Gasteiger partial charge in [-0.2, -0.15) is 0 Å². The van der Waals surface area contributed by atoms with Crippen LogP contribution in [0, 0.1) is 0 Å². The van der Waals surface area contributed by atoms with Crippen molar-refractivity contribution in [3.63, 3.8) is 0 Å². The molecular weight excluding hydrogens is 358 g/mol. The van der Waals surface area contributed by atoms with Crippen LogP contribution in [0.3, 0.4) is 0 Å². The van der Waals surface area contributed by atoms with Gasteiger partial charge in [0, 0.05) is 25.5 Å². The molecule has 5 nitrogen and oxygen atoms in total. The van der Waals surface area contributed by atoms with Gasteiger partial charge in [-0.25, -0.2) is 13.1 Å². The second kappa shape index (κ2) is 9.53. The van der Waals surface area contributed by atoms with E-state index in [1.165, 1.54) is 31.4 Å². The van der Waals surface area contributed by atoms with E-state index in [2.05, 4.69) is 20.3 Å². The lowest BCUT2D eigenvalue weighted by molar-refractivity contribution is 0.199. The molecule has 1 aromatic heterocycles. The Morgan fingerprint density at radius 1 is 1.00 bits per heavy atom. The van der Waals surface area contributed by atoms with E-state index >= 15 is 0 Å². The predicted octanol–water partition coefficient (Wildman–Crippen LogP) is 3.10. The van der Waals surface area contributed by atoms with Crippen LogP contribution in [0.1, 0.15) is 43.0 Å². The molecule has 1 N–H and O–H groups in total. The topological polar surface area (TPSA) is 54.3 Å². The zero-order valence-electron chi connectivity index (χ0n) is 16.2. The minimum atomic E-state index is -3.31. The molecule has 0 spiro atoms. The van der Waals surface area contributed by atoms with E-state index in [-0.39, 0.29) is 11.8 Å². The summed E-state index contributed by atoms with van der Waals surface area (Å²) in [4.78, 5) is 2.45. The number of rotatable bonds is 8. The third-order valence-corrected chi connectivity index (χ3v) is 6.75. The van der Waals surface area contributed by atoms with E-state index in [9.17, 15) is 8.42 Å². The Morgan fingerprint density at radius 2 is 1.70 bits per heavy atom. The molecule has 0 radical (unpaired) electrons. The Kier molecular flexibility index (Phi) is 7.10. The van der Waals surface area contributed by atoms with Gasteiger partial charge in [-0.05, 0) is 50.0 Å². The SMILES string of the molecule is Cn1cccc1C(CNS(=O)(=O)CCc1ccccc1)N1CCCCCC1. The zero-order chi connectivity index (χ0) is 19.1. The molecular formula is C21H31N3O2S. The van der Waals surface area contributed by atoms with Gasteiger partial charge in [-0.15, -0.1) is 0 Å². The Bertz CT molecular complexity index is 794. The van der Waals surface area contributed by atoms with Crippen molar-refractivity contribution in [2.45, 2.75) is 38.1 Å². The van der Waals surface area contributed by atoms with Gasteiger partial charge in [-0.3, -0.25) is 4.90 Å². The van der Waals surface area contributed by atoms with Gasteiger partial charge in [0.15, 0.2) is 0 Å². The highest BCUT2D eigenvalue weighted by atomic mass is 32.2. The molecule has 1 saturated heterocycles. The fourth-order valence-corrected chi connectivity index (χ4v) is 4.88. The maximum absolute atomic E-state index is 12.6. The molecule has 1 aromatic carbocycles. The number of likely N-dealkylation sites (tertiary alicyclic amines) is 1. The highest BCUT2D eigenvalue weighted by Gasteiger charge is 2.25. The highest BCUT2D eigenvalue weighted by molar-refractivity contribution is 7.89. The van der Waals surface area contributed by atoms with Crippen LogP contribution >= 0.6 is 0 Å². The molecule has 0 saturated carbocycles. The molecule has 1 fully saturated rings. The first-order chi connectivity index (χ1) is 13.1. The summed E-state index contributed by atoms with van der Waals surface area (Å²) in [5.74, 6) is 0.122. The van der Waals surface area contributed by atoms with E-state index in [0.717, 1.165) is 18.7 Å². The number of hydrogen-bond acceptors (Lipinski definition) is 3. The maximum atomic E-state index is 12.6. The Morgan fingerprint density at radius 3 is 2.33 bits per heavy atom. The summed E-state index contributed by atoms with van der Waals surface area (Å²) < 4.78 is 30.1. The molecule has 148 valence electrons. The monoisotopic (exact) mass is 389 g/mol. The summed E-state index contributed by atoms with van der Waals surface area (Å²) in [5, 5.41) is 0. The lowest BCUT2D eigenvalue weighted by Crippen LogP contribution is -2.40. The van der Waals surface area contributed by atoms with Gasteiger partial charge in [0.05, 0.1) is 11.8 Å². The molecule has 0 aliphatic carbocycles. The molecule has 3 rings (SSSR count). The second-order valence-corrected chi connectivity index (χ2v) is 9.34. The first kappa shape index (κ1) is 20.1. The van der Waals surface area contributed by atoms with Gasteiger partial charge in [0.2, 0.25) is 10.0 Å². The van der Waals surface area contributed by atoms with E-state index in [4.69, 9.17) is 0 Å². The molecule has 0 amide bonds. The van der Waals surface area contributed by atoms with Crippen LogP contribution in [0.2, 0.25) is 0 Å². The molecule has 6 heteroatoms. The smallest absolute Gasteiger partial charge is 0.211 e. The predicted molar refractivity (Wildman–Crippen MR) is 110 cm³/mol. The quantitative estimate of drug-likeness (QED) is 0.755. The van der Waals surface area contributed by atoms with Crippen molar-refractivity contribution in [2.24, 2.45) is 7.05 Å². The van der Waals surface area contributed by atoms with Crippen LogP contribution in [0.25, 0.3) is 0 Å². The van der Waals surface area contributed by atoms with Gasteiger partial charge >= 0.3 is 0 Å². The second-order valence-electron chi connectivity index (χ2n) is 7.41. The van der Waals surface area contributed by atoms with E-state index < -0.39 is 10.0 Å². The Labute approximate surface area is 163 Å². The number of benzene rings is 1. The molecule has 27 heavy (non-hydrogen) atoms. The van der Waals surface area contributed by atoms with Crippen LogP contribution in [0.5, 0.6) is 0 Å². The summed E-state index contributed by atoms with van der Waals surface area (Å²) in [6.07, 6.45) is 7.46. The van der Waals surface area contributed by atoms with E-state index in [1.807, 2.05) is 49.6 Å². The third-order valence-electron chi connectivity index (χ3n) is 5.41. The molecule has 0 bridgehead atoms. The van der Waals surface area contributed by atoms with Gasteiger partial charge in [0.1, 0.15) is 0 Å². The normalized spacial score (nSPS) is 17.5. The summed E-state index contributed by atoms with van der Waals surface area (Å²) in [6, 6.07) is 14.0. The van der Waals surface area contributed by atoms with Gasteiger partial charge in [0.25, 0.3) is 0 Å². The first-order valence-electron chi connectivity index (χ1n) is 9.92. The molecule has 2 heterocycles. The summed E-state index contributed by atoms with van der Waals surface area (Å²) in [6.45, 7) is 2.48. The molecule has 1 unspecified atom stereocenters. The first-order valence-corrected chi connectivity index (χ1v) is 11.6. The largest absolute Gasteiger partial charge is 0.353 e. The number of aryl methyl sites for hydroxylation is 2. The summed E-state index contributed by atoms with van der Waals surface area (Å²) >= 11 is 0. The van der Waals surface area contributed by atoms with E-state index in [0.29, 0.717) is 13.0 Å². The molecule has 2 aromatic rings. The number of nitrogens with one attached hydrogen (secondary N) is 1. The summed E-state index contributed by atoms with van der Waals surface area (Å²) in [7, 11) is -1.28. The van der Waals surface area contributed by atoms with Crippen molar-refractivity contribution in [1.82, 2.24) is 14.2 Å². The van der Waals surface area contributed by atoms with Crippen molar-refractivity contribution in [3.05, 3.63) is 59.9 Å². The average molecular weight is 390 g/mol. The van der Waals surface area contributed by atoms with Gasteiger partial charge in [-0.1, -0.05) is 43.2 Å². The maximum Gasteiger partial charge on any atom is 0.211 e. The lowest BCUT2D eigenvalue weighted by atomic mass is 10.1. The third kappa shape index (κ3) is 5.92. The van der Waals surface area contributed by atoms with Crippen LogP contribution in [0.4, 0.5) is 0 Å². The van der Waals surface area contributed by atoms with E-state index in [1.54, 1.807) is 0 Å². The number of hydrogen-bond donors (Lipinski definition) is 1. The summed E-state index contributed by atoms with van der Waals surface area (Å²) in [5.41, 5.74) is 2.22. The van der Waals surface area contributed by atoms with Crippen LogP contribution in [0.15, 0.2) is 48.7 Å². The number of nitrogens with zero attached hydrogens (tertiary/aromatic N) is 2. The van der Waals surface area contributed by atoms with Crippen molar-refractivity contribution in [3.8, 4) is 0 Å². The number of aromatic nitrogens is 1. The minimum Gasteiger partial charge on any atom is -0.353 e. The average Bonchev–Trinajstić information content (AvgIpc) is 2.92. The minimum absolute atomic E-state index is 0.0783. The van der Waals surface area contributed by atoms with Crippen molar-refractivity contribution in [2.75, 3.05) is 25.4 Å². The zero-order valence-corrected chi connectivity index (χ0v) is 17.0. The molecule has 1 atom stereocenters. The molecule has 1 aliphatic rings. The van der Waals surface area contributed by atoms with Crippen LogP contribution in [-0.2, 0) is 23.5 Å². The van der Waals surface area contributed by atoms with Gasteiger partial charge < -0.3 is 4.57 Å². The van der Waals surface area contributed by atoms with Crippen LogP contribution in [-0.4, -0.2) is 43.3 Å². The van der Waals surface area contributed by atoms with Crippen molar-refractivity contribution < 1.29 is 8.42 Å². The standard InChI is InChI=1S/C21H31N3O2S/c1-23-14-9-12-20(23)21(24-15-7-2-3-8-16-24)18-22-27(25,26)17-13-19-10-5-4-6-11-19/h4-6,9-12,14,21-22H,2-3,7-8,13,15-18H2,1H3. The highest BCUT2D eigenvalue weighted by Crippen LogP contribution is 2.24. The molecule has 1 aliphatic heterocycles. The fraction of sp³-hybridized carbons (Fsp3) is 0.524. The Hall–Kier alpha value is -1.63. The van der Waals surface area contributed by atoms with Crippen LogP contribution < -0.4 is 4.72 Å².